The third kappa shape index (κ3) is 3.86. The summed E-state index contributed by atoms with van der Waals surface area (Å²) in [7, 11) is 1.57. The van der Waals surface area contributed by atoms with Gasteiger partial charge in [0, 0.05) is 30.9 Å². The number of fused-ring (bicyclic) bond motifs is 1. The Hall–Kier alpha value is -3.19. The number of hydrogen-bond acceptors (Lipinski definition) is 5. The van der Waals surface area contributed by atoms with Gasteiger partial charge in [0.1, 0.15) is 11.7 Å². The fourth-order valence-corrected chi connectivity index (χ4v) is 3.85. The molecule has 0 radical (unpaired) electrons. The van der Waals surface area contributed by atoms with Gasteiger partial charge < -0.3 is 20.3 Å². The lowest BCUT2D eigenvalue weighted by Gasteiger charge is -2.36. The predicted molar refractivity (Wildman–Crippen MR) is 108 cm³/mol. The molecule has 7 nitrogen and oxygen atoms in total. The van der Waals surface area contributed by atoms with Crippen molar-refractivity contribution in [3.8, 4) is 5.75 Å². The van der Waals surface area contributed by atoms with Crippen LogP contribution in [0.2, 0.25) is 0 Å². The second-order valence-electron chi connectivity index (χ2n) is 7.29. The molecule has 2 aromatic rings. The monoisotopic (exact) mass is 393 g/mol. The number of ketones is 1. The summed E-state index contributed by atoms with van der Waals surface area (Å²) in [4.78, 5) is 40.0. The van der Waals surface area contributed by atoms with Crippen LogP contribution in [0.5, 0.6) is 5.75 Å². The van der Waals surface area contributed by atoms with Crippen LogP contribution in [0.4, 0.5) is 5.69 Å². The van der Waals surface area contributed by atoms with Crippen LogP contribution < -0.4 is 15.4 Å². The maximum Gasteiger partial charge on any atom is 0.237 e. The molecule has 1 saturated heterocycles. The number of rotatable bonds is 4. The van der Waals surface area contributed by atoms with Crippen LogP contribution in [-0.4, -0.2) is 55.3 Å². The van der Waals surface area contributed by atoms with Gasteiger partial charge in [0.15, 0.2) is 5.78 Å². The lowest BCUT2D eigenvalue weighted by Crippen LogP contribution is -2.58. The summed E-state index contributed by atoms with van der Waals surface area (Å²) in [5, 5.41) is 6.01. The molecular formula is C22H23N3O4. The molecule has 2 aliphatic rings. The quantitative estimate of drug-likeness (QED) is 0.607. The van der Waals surface area contributed by atoms with Gasteiger partial charge in [-0.05, 0) is 42.3 Å². The van der Waals surface area contributed by atoms with Crippen LogP contribution in [0.15, 0.2) is 48.5 Å². The van der Waals surface area contributed by atoms with Crippen molar-refractivity contribution in [3.63, 3.8) is 0 Å². The van der Waals surface area contributed by atoms with Crippen molar-refractivity contribution in [1.82, 2.24) is 10.2 Å². The van der Waals surface area contributed by atoms with Gasteiger partial charge in [-0.2, -0.15) is 0 Å². The first kappa shape index (κ1) is 19.1. The zero-order chi connectivity index (χ0) is 20.4. The second kappa shape index (κ2) is 8.05. The molecule has 29 heavy (non-hydrogen) atoms. The van der Waals surface area contributed by atoms with Crippen LogP contribution in [0, 0.1) is 5.92 Å². The molecule has 2 unspecified atom stereocenters. The predicted octanol–water partition coefficient (Wildman–Crippen LogP) is 1.49. The summed E-state index contributed by atoms with van der Waals surface area (Å²) in [5.41, 5.74) is 2.27. The van der Waals surface area contributed by atoms with Crippen molar-refractivity contribution in [1.29, 1.82) is 0 Å². The third-order valence-electron chi connectivity index (χ3n) is 5.49. The lowest BCUT2D eigenvalue weighted by atomic mass is 9.91. The van der Waals surface area contributed by atoms with Crippen LogP contribution >= 0.6 is 0 Å². The molecular weight excluding hydrogens is 370 g/mol. The molecule has 2 atom stereocenters. The molecule has 7 heteroatoms. The molecule has 2 heterocycles. The summed E-state index contributed by atoms with van der Waals surface area (Å²) in [6, 6.07) is 13.9. The number of piperazine rings is 1. The molecule has 150 valence electrons. The van der Waals surface area contributed by atoms with Crippen LogP contribution in [0.25, 0.3) is 0 Å². The Balaban J connectivity index is 1.46. The summed E-state index contributed by atoms with van der Waals surface area (Å²) in [5.74, 6) is -0.682. The smallest absolute Gasteiger partial charge is 0.237 e. The molecule has 0 spiro atoms. The fourth-order valence-electron chi connectivity index (χ4n) is 3.85. The highest BCUT2D eigenvalue weighted by Gasteiger charge is 2.37. The minimum atomic E-state index is -0.764. The van der Waals surface area contributed by atoms with Crippen molar-refractivity contribution >= 4 is 23.3 Å². The number of Topliss-reactive ketones (excluding diaryl/α,β-unsaturated/α-hetero) is 1. The van der Waals surface area contributed by atoms with E-state index in [4.69, 9.17) is 4.74 Å². The van der Waals surface area contributed by atoms with Crippen molar-refractivity contribution in [2.75, 3.05) is 32.1 Å². The summed E-state index contributed by atoms with van der Waals surface area (Å²) in [6.07, 6.45) is 0.377. The van der Waals surface area contributed by atoms with Gasteiger partial charge >= 0.3 is 0 Å². The maximum atomic E-state index is 13.1. The average Bonchev–Trinajstić information content (AvgIpc) is 2.77. The molecule has 1 fully saturated rings. The molecule has 2 amide bonds. The van der Waals surface area contributed by atoms with Gasteiger partial charge in [-0.3, -0.25) is 14.4 Å². The first-order valence-corrected chi connectivity index (χ1v) is 9.66. The van der Waals surface area contributed by atoms with E-state index in [1.807, 2.05) is 24.3 Å². The molecule has 2 aliphatic heterocycles. The van der Waals surface area contributed by atoms with E-state index in [2.05, 4.69) is 10.6 Å². The number of carbonyl (C=O) groups is 3. The second-order valence-corrected chi connectivity index (χ2v) is 7.29. The van der Waals surface area contributed by atoms with E-state index in [-0.39, 0.29) is 24.1 Å². The Bertz CT molecular complexity index is 941. The van der Waals surface area contributed by atoms with Crippen LogP contribution in [-0.2, 0) is 16.0 Å². The number of anilines is 1. The molecule has 4 rings (SSSR count). The number of carbonyl (C=O) groups excluding carboxylic acids is 3. The van der Waals surface area contributed by atoms with Crippen molar-refractivity contribution < 1.29 is 19.1 Å². The van der Waals surface area contributed by atoms with E-state index in [0.717, 1.165) is 11.3 Å². The van der Waals surface area contributed by atoms with E-state index in [0.29, 0.717) is 30.8 Å². The Morgan fingerprint density at radius 3 is 2.62 bits per heavy atom. The molecule has 0 aliphatic carbocycles. The van der Waals surface area contributed by atoms with Gasteiger partial charge in [-0.1, -0.05) is 18.2 Å². The van der Waals surface area contributed by atoms with E-state index in [9.17, 15) is 14.4 Å². The number of ether oxygens (including phenoxy) is 1. The fraction of sp³-hybridized carbons (Fsp3) is 0.318. The molecule has 2 N–H and O–H groups in total. The summed E-state index contributed by atoms with van der Waals surface area (Å²) in [6.45, 7) is 1.22. The Kier molecular flexibility index (Phi) is 5.31. The minimum Gasteiger partial charge on any atom is -0.497 e. The zero-order valence-electron chi connectivity index (χ0n) is 16.2. The number of methoxy groups -OCH3 is 1. The Morgan fingerprint density at radius 2 is 1.86 bits per heavy atom. The number of nitrogens with zero attached hydrogens (tertiary/aromatic N) is 1. The minimum absolute atomic E-state index is 0.0800. The summed E-state index contributed by atoms with van der Waals surface area (Å²) >= 11 is 0. The highest BCUT2D eigenvalue weighted by molar-refractivity contribution is 6.09. The highest BCUT2D eigenvalue weighted by Crippen LogP contribution is 2.26. The van der Waals surface area contributed by atoms with E-state index >= 15 is 0 Å². The Labute approximate surface area is 169 Å². The molecule has 0 aromatic heterocycles. The van der Waals surface area contributed by atoms with E-state index in [1.54, 1.807) is 36.3 Å². The van der Waals surface area contributed by atoms with Gasteiger partial charge in [0.05, 0.1) is 13.2 Å². The molecule has 2 aromatic carbocycles. The third-order valence-corrected chi connectivity index (χ3v) is 5.49. The number of benzene rings is 2. The average molecular weight is 393 g/mol. The van der Waals surface area contributed by atoms with E-state index in [1.165, 1.54) is 0 Å². The number of para-hydroxylation sites is 1. The van der Waals surface area contributed by atoms with Gasteiger partial charge in [-0.25, -0.2) is 0 Å². The molecule has 0 saturated carbocycles. The van der Waals surface area contributed by atoms with Crippen LogP contribution in [0.1, 0.15) is 15.9 Å². The summed E-state index contributed by atoms with van der Waals surface area (Å²) < 4.78 is 5.13. The highest BCUT2D eigenvalue weighted by atomic mass is 16.5. The number of amides is 2. The van der Waals surface area contributed by atoms with Gasteiger partial charge in [0.2, 0.25) is 11.8 Å². The first-order valence-electron chi connectivity index (χ1n) is 9.66. The van der Waals surface area contributed by atoms with Crippen molar-refractivity contribution in [3.05, 3.63) is 59.7 Å². The largest absolute Gasteiger partial charge is 0.497 e. The zero-order valence-corrected chi connectivity index (χ0v) is 16.2. The van der Waals surface area contributed by atoms with Crippen molar-refractivity contribution in [2.45, 2.75) is 12.5 Å². The van der Waals surface area contributed by atoms with Crippen molar-refractivity contribution in [2.24, 2.45) is 5.92 Å². The van der Waals surface area contributed by atoms with Crippen LogP contribution in [0.3, 0.4) is 0 Å². The standard InChI is InChI=1S/C22H23N3O4/c1-29-16-8-6-14(7-9-16)20(26)19-13-25(11-10-23-19)22(28)17-12-15-4-2-3-5-18(15)24-21(17)27/h2-9,17,19,23H,10-13H2,1H3,(H,24,27). The first-order chi connectivity index (χ1) is 14.1. The Morgan fingerprint density at radius 1 is 1.10 bits per heavy atom. The number of hydrogen-bond donors (Lipinski definition) is 2. The molecule has 0 bridgehead atoms. The van der Waals surface area contributed by atoms with E-state index < -0.39 is 12.0 Å². The van der Waals surface area contributed by atoms with Gasteiger partial charge in [0.25, 0.3) is 0 Å². The SMILES string of the molecule is COc1ccc(C(=O)C2CN(C(=O)C3Cc4ccccc4NC3=O)CCN2)cc1. The number of nitrogens with one attached hydrogen (secondary N) is 2. The maximum absolute atomic E-state index is 13.1. The lowest BCUT2D eigenvalue weighted by molar-refractivity contribution is -0.141. The topological polar surface area (TPSA) is 87.7 Å². The normalized spacial score (nSPS) is 21.1. The van der Waals surface area contributed by atoms with Gasteiger partial charge in [-0.15, -0.1) is 0 Å².